The molecule has 0 aliphatic carbocycles. The van der Waals surface area contributed by atoms with Crippen molar-refractivity contribution in [2.45, 2.75) is 50.7 Å². The fraction of sp³-hybridized carbons (Fsp3) is 0.600. The van der Waals surface area contributed by atoms with Gasteiger partial charge in [0.2, 0.25) is 5.91 Å². The van der Waals surface area contributed by atoms with E-state index in [1.807, 2.05) is 30.3 Å². The highest BCUT2D eigenvalue weighted by molar-refractivity contribution is 5.73. The predicted octanol–water partition coefficient (Wildman–Crippen LogP) is 0.498. The molecule has 29 heavy (non-hydrogen) atoms. The molecule has 2 aliphatic heterocycles. The maximum atomic E-state index is 11.9. The van der Waals surface area contributed by atoms with Gasteiger partial charge in [0.1, 0.15) is 12.2 Å². The first-order chi connectivity index (χ1) is 14.0. The normalized spacial score (nSPS) is 31.6. The monoisotopic (exact) mass is 408 g/mol. The van der Waals surface area contributed by atoms with Crippen molar-refractivity contribution < 1.29 is 33.3 Å². The van der Waals surface area contributed by atoms with Gasteiger partial charge in [-0.1, -0.05) is 30.3 Å². The molecule has 2 saturated heterocycles. The Bertz CT molecular complexity index is 687. The Balaban J connectivity index is 1.82. The second-order valence-corrected chi connectivity index (χ2v) is 6.89. The molecule has 1 amide bonds. The topological polar surface area (TPSA) is 104 Å². The van der Waals surface area contributed by atoms with Crippen molar-refractivity contribution in [3.63, 3.8) is 0 Å². The first-order valence-electron chi connectivity index (χ1n) is 9.69. The Morgan fingerprint density at radius 1 is 1.17 bits per heavy atom. The third-order valence-electron chi connectivity index (χ3n) is 4.86. The molecule has 0 unspecified atom stereocenters. The molecule has 2 N–H and O–H groups in total. The highest BCUT2D eigenvalue weighted by atomic mass is 16.7. The van der Waals surface area contributed by atoms with E-state index in [9.17, 15) is 9.59 Å². The number of rotatable bonds is 7. The Hall–Kier alpha value is -2.04. The van der Waals surface area contributed by atoms with Gasteiger partial charge in [-0.15, -0.1) is 0 Å². The minimum Gasteiger partial charge on any atom is -0.465 e. The number of carbonyl (C=O) groups is 2. The van der Waals surface area contributed by atoms with E-state index in [1.165, 1.54) is 14.0 Å². The van der Waals surface area contributed by atoms with E-state index in [1.54, 1.807) is 6.92 Å². The van der Waals surface area contributed by atoms with E-state index in [2.05, 4.69) is 10.6 Å². The lowest BCUT2D eigenvalue weighted by atomic mass is 9.92. The van der Waals surface area contributed by atoms with Gasteiger partial charge in [-0.05, 0) is 6.92 Å². The SMILES string of the molecule is CCOC(=O)CN[C@H]1[C@@H](NC(C)=O)[C@H](OC)O[C@H]2CO[C@@H](c3ccccc3)O[C@H]12. The number of fused-ring (bicyclic) bond motifs is 1. The van der Waals surface area contributed by atoms with Crippen molar-refractivity contribution in [2.24, 2.45) is 0 Å². The van der Waals surface area contributed by atoms with Crippen LogP contribution < -0.4 is 10.6 Å². The molecule has 9 heteroatoms. The molecular formula is C20H28N2O7. The van der Waals surface area contributed by atoms with Gasteiger partial charge in [-0.2, -0.15) is 0 Å². The lowest BCUT2D eigenvalue weighted by Gasteiger charge is -2.49. The standard InChI is InChI=1S/C20H28N2O7/c1-4-26-15(24)10-21-16-17(22-12(2)23)20(25-3)28-14-11-27-19(29-18(14)16)13-8-6-5-7-9-13/h5-9,14,16-21H,4,10-11H2,1-3H3,(H,22,23)/t14-,16-,17+,18-,19+,20+/m0/s1. The number of ether oxygens (including phenoxy) is 5. The third-order valence-corrected chi connectivity index (χ3v) is 4.86. The summed E-state index contributed by atoms with van der Waals surface area (Å²) in [7, 11) is 1.50. The Morgan fingerprint density at radius 2 is 1.93 bits per heavy atom. The molecule has 0 bridgehead atoms. The van der Waals surface area contributed by atoms with Gasteiger partial charge in [-0.3, -0.25) is 14.9 Å². The molecule has 160 valence electrons. The lowest BCUT2D eigenvalue weighted by Crippen LogP contribution is -2.70. The number of carbonyl (C=O) groups excluding carboxylic acids is 2. The highest BCUT2D eigenvalue weighted by Gasteiger charge is 2.50. The number of hydrogen-bond donors (Lipinski definition) is 2. The van der Waals surface area contributed by atoms with Crippen molar-refractivity contribution in [2.75, 3.05) is 26.9 Å². The molecule has 0 radical (unpaired) electrons. The molecule has 0 saturated carbocycles. The zero-order valence-electron chi connectivity index (χ0n) is 16.8. The van der Waals surface area contributed by atoms with E-state index in [0.29, 0.717) is 0 Å². The van der Waals surface area contributed by atoms with Crippen molar-refractivity contribution in [1.82, 2.24) is 10.6 Å². The van der Waals surface area contributed by atoms with Crippen LogP contribution in [0, 0.1) is 0 Å². The molecule has 1 aromatic rings. The highest BCUT2D eigenvalue weighted by Crippen LogP contribution is 2.34. The van der Waals surface area contributed by atoms with Crippen LogP contribution in [0.4, 0.5) is 0 Å². The molecule has 2 heterocycles. The summed E-state index contributed by atoms with van der Waals surface area (Å²) in [5.74, 6) is -0.633. The van der Waals surface area contributed by atoms with Crippen LogP contribution in [-0.2, 0) is 33.3 Å². The largest absolute Gasteiger partial charge is 0.465 e. The van der Waals surface area contributed by atoms with Gasteiger partial charge in [0.15, 0.2) is 12.6 Å². The number of esters is 1. The van der Waals surface area contributed by atoms with Gasteiger partial charge in [0, 0.05) is 19.6 Å². The van der Waals surface area contributed by atoms with Crippen LogP contribution in [0.25, 0.3) is 0 Å². The van der Waals surface area contributed by atoms with Crippen molar-refractivity contribution >= 4 is 11.9 Å². The van der Waals surface area contributed by atoms with Crippen LogP contribution in [0.2, 0.25) is 0 Å². The molecule has 2 aliphatic rings. The van der Waals surface area contributed by atoms with Crippen LogP contribution in [0.15, 0.2) is 30.3 Å². The van der Waals surface area contributed by atoms with Crippen LogP contribution in [0.1, 0.15) is 25.7 Å². The van der Waals surface area contributed by atoms with E-state index >= 15 is 0 Å². The number of nitrogens with one attached hydrogen (secondary N) is 2. The second-order valence-electron chi connectivity index (χ2n) is 6.89. The minimum atomic E-state index is -0.722. The summed E-state index contributed by atoms with van der Waals surface area (Å²) in [6.45, 7) is 3.70. The Morgan fingerprint density at radius 3 is 2.59 bits per heavy atom. The molecule has 2 fully saturated rings. The zero-order valence-corrected chi connectivity index (χ0v) is 16.8. The number of amides is 1. The summed E-state index contributed by atoms with van der Waals surface area (Å²) < 4.78 is 28.5. The fourth-order valence-electron chi connectivity index (χ4n) is 3.65. The molecule has 1 aromatic carbocycles. The van der Waals surface area contributed by atoms with Crippen molar-refractivity contribution in [3.05, 3.63) is 35.9 Å². The van der Waals surface area contributed by atoms with Gasteiger partial charge in [-0.25, -0.2) is 0 Å². The first kappa shape index (κ1) is 21.7. The Kier molecular flexibility index (Phi) is 7.57. The van der Waals surface area contributed by atoms with Gasteiger partial charge in [0.25, 0.3) is 0 Å². The van der Waals surface area contributed by atoms with Gasteiger partial charge < -0.3 is 29.0 Å². The average Bonchev–Trinajstić information content (AvgIpc) is 2.72. The van der Waals surface area contributed by atoms with Crippen LogP contribution in [0.5, 0.6) is 0 Å². The first-order valence-corrected chi connectivity index (χ1v) is 9.69. The van der Waals surface area contributed by atoms with Crippen molar-refractivity contribution in [1.29, 1.82) is 0 Å². The van der Waals surface area contributed by atoms with Gasteiger partial charge >= 0.3 is 5.97 Å². The smallest absolute Gasteiger partial charge is 0.319 e. The van der Waals surface area contributed by atoms with Crippen LogP contribution >= 0.6 is 0 Å². The lowest BCUT2D eigenvalue weighted by molar-refractivity contribution is -0.325. The predicted molar refractivity (Wildman–Crippen MR) is 102 cm³/mol. The molecule has 0 spiro atoms. The molecule has 3 rings (SSSR count). The maximum Gasteiger partial charge on any atom is 0.319 e. The summed E-state index contributed by atoms with van der Waals surface area (Å²) >= 11 is 0. The quantitative estimate of drug-likeness (QED) is 0.629. The molecule has 6 atom stereocenters. The number of hydrogen-bond acceptors (Lipinski definition) is 8. The van der Waals surface area contributed by atoms with Gasteiger partial charge in [0.05, 0.1) is 31.8 Å². The number of methoxy groups -OCH3 is 1. The maximum absolute atomic E-state index is 11.9. The fourth-order valence-corrected chi connectivity index (χ4v) is 3.65. The molecule has 9 nitrogen and oxygen atoms in total. The average molecular weight is 408 g/mol. The third kappa shape index (κ3) is 5.31. The summed E-state index contributed by atoms with van der Waals surface area (Å²) in [6, 6.07) is 8.53. The second kappa shape index (κ2) is 10.1. The van der Waals surface area contributed by atoms with E-state index in [-0.39, 0.29) is 25.7 Å². The van der Waals surface area contributed by atoms with Crippen LogP contribution in [-0.4, -0.2) is 69.3 Å². The summed E-state index contributed by atoms with van der Waals surface area (Å²) in [5, 5.41) is 6.02. The summed E-state index contributed by atoms with van der Waals surface area (Å²) in [6.07, 6.45) is -2.21. The van der Waals surface area contributed by atoms with E-state index < -0.39 is 42.8 Å². The molecular weight excluding hydrogens is 380 g/mol. The van der Waals surface area contributed by atoms with E-state index in [0.717, 1.165) is 5.56 Å². The van der Waals surface area contributed by atoms with Crippen molar-refractivity contribution in [3.8, 4) is 0 Å². The summed E-state index contributed by atoms with van der Waals surface area (Å²) in [4.78, 5) is 23.7. The van der Waals surface area contributed by atoms with Crippen LogP contribution in [0.3, 0.4) is 0 Å². The minimum absolute atomic E-state index is 0.0333. The summed E-state index contributed by atoms with van der Waals surface area (Å²) in [5.41, 5.74) is 0.875. The molecule has 0 aromatic heterocycles. The zero-order chi connectivity index (χ0) is 20.8. The van der Waals surface area contributed by atoms with E-state index in [4.69, 9.17) is 23.7 Å². The number of benzene rings is 1. The Labute approximate surface area is 170 Å².